The number of para-hydroxylation sites is 1. The minimum absolute atomic E-state index is 0.0154. The number of halogens is 3. The normalized spacial score (nSPS) is 14.1. The third kappa shape index (κ3) is 5.21. The second-order valence-corrected chi connectivity index (χ2v) is 10.4. The monoisotopic (exact) mass is 607 g/mol. The lowest BCUT2D eigenvalue weighted by atomic mass is 10.0. The third-order valence-electron chi connectivity index (χ3n) is 5.46. The zero-order valence-corrected chi connectivity index (χ0v) is 22.7. The van der Waals surface area contributed by atoms with Crippen LogP contribution in [0.1, 0.15) is 30.5 Å². The topological polar surface area (TPSA) is 38.8 Å². The molecule has 0 fully saturated rings. The highest BCUT2D eigenvalue weighted by Gasteiger charge is 2.32. The highest BCUT2D eigenvalue weighted by molar-refractivity contribution is 14.1. The van der Waals surface area contributed by atoms with Crippen LogP contribution in [0.25, 0.3) is 11.6 Å². The number of methoxy groups -OCH3 is 1. The lowest BCUT2D eigenvalue weighted by Crippen LogP contribution is -2.30. The van der Waals surface area contributed by atoms with E-state index >= 15 is 0 Å². The number of fused-ring (bicyclic) bond motifs is 1. The molecule has 1 amide bonds. The average Bonchev–Trinajstić information content (AvgIpc) is 3.04. The summed E-state index contributed by atoms with van der Waals surface area (Å²) in [6.07, 6.45) is 1.92. The summed E-state index contributed by atoms with van der Waals surface area (Å²) in [6.45, 7) is 5.18. The predicted octanol–water partition coefficient (Wildman–Crippen LogP) is 7.73. The molecule has 0 radical (unpaired) electrons. The van der Waals surface area contributed by atoms with Gasteiger partial charge in [-0.3, -0.25) is 4.79 Å². The van der Waals surface area contributed by atoms with Gasteiger partial charge in [0, 0.05) is 33.3 Å². The maximum atomic E-state index is 13.3. The Morgan fingerprint density at radius 1 is 1.09 bits per heavy atom. The van der Waals surface area contributed by atoms with Crippen molar-refractivity contribution in [3.8, 4) is 11.5 Å². The lowest BCUT2D eigenvalue weighted by Gasteiger charge is -2.19. The predicted molar refractivity (Wildman–Crippen MR) is 148 cm³/mol. The minimum atomic E-state index is 0.0154. The van der Waals surface area contributed by atoms with Crippen LogP contribution in [-0.2, 0) is 11.4 Å². The summed E-state index contributed by atoms with van der Waals surface area (Å²) in [5.41, 5.74) is 4.26. The fraction of sp³-hybridized carbons (Fsp3) is 0.222. The first-order valence-corrected chi connectivity index (χ1v) is 12.7. The number of hydrogen-bond acceptors (Lipinski definition) is 3. The zero-order chi connectivity index (χ0) is 24.4. The molecular formula is C27H24Cl2INO3. The van der Waals surface area contributed by atoms with Crippen molar-refractivity contribution in [2.24, 2.45) is 5.92 Å². The van der Waals surface area contributed by atoms with E-state index < -0.39 is 0 Å². The van der Waals surface area contributed by atoms with E-state index in [9.17, 15) is 4.79 Å². The van der Waals surface area contributed by atoms with Crippen LogP contribution in [0.2, 0.25) is 10.0 Å². The molecule has 1 aliphatic heterocycles. The van der Waals surface area contributed by atoms with E-state index in [0.717, 1.165) is 25.9 Å². The first-order valence-electron chi connectivity index (χ1n) is 10.9. The largest absolute Gasteiger partial charge is 0.493 e. The van der Waals surface area contributed by atoms with Crippen LogP contribution in [0.5, 0.6) is 11.5 Å². The number of hydrogen-bond donors (Lipinski definition) is 0. The molecule has 4 nitrogen and oxygen atoms in total. The maximum absolute atomic E-state index is 13.3. The van der Waals surface area contributed by atoms with Crippen molar-refractivity contribution in [2.45, 2.75) is 20.5 Å². The van der Waals surface area contributed by atoms with Gasteiger partial charge in [0.25, 0.3) is 5.91 Å². The molecular weight excluding hydrogens is 584 g/mol. The second kappa shape index (κ2) is 10.6. The summed E-state index contributed by atoms with van der Waals surface area (Å²) in [5.74, 6) is 1.59. The summed E-state index contributed by atoms with van der Waals surface area (Å²) < 4.78 is 12.6. The van der Waals surface area contributed by atoms with Crippen molar-refractivity contribution >= 4 is 69.0 Å². The van der Waals surface area contributed by atoms with E-state index in [1.54, 1.807) is 19.2 Å². The van der Waals surface area contributed by atoms with Gasteiger partial charge in [-0.05, 0) is 70.5 Å². The molecule has 34 heavy (non-hydrogen) atoms. The van der Waals surface area contributed by atoms with Gasteiger partial charge in [-0.25, -0.2) is 0 Å². The third-order valence-corrected chi connectivity index (χ3v) is 6.85. The molecule has 1 aliphatic rings. The highest BCUT2D eigenvalue weighted by atomic mass is 127. The van der Waals surface area contributed by atoms with E-state index in [4.69, 9.17) is 32.7 Å². The van der Waals surface area contributed by atoms with Crippen LogP contribution in [0, 0.1) is 9.49 Å². The fourth-order valence-electron chi connectivity index (χ4n) is 3.91. The van der Waals surface area contributed by atoms with Crippen LogP contribution in [0.15, 0.2) is 54.6 Å². The summed E-state index contributed by atoms with van der Waals surface area (Å²) in [4.78, 5) is 15.2. The average molecular weight is 608 g/mol. The first-order chi connectivity index (χ1) is 16.3. The molecule has 0 N–H and O–H groups in total. The molecule has 0 unspecified atom stereocenters. The summed E-state index contributed by atoms with van der Waals surface area (Å²) in [6, 6.07) is 17.1. The molecule has 3 aromatic carbocycles. The van der Waals surface area contributed by atoms with Gasteiger partial charge in [-0.15, -0.1) is 0 Å². The number of anilines is 1. The Hall–Kier alpha value is -2.22. The van der Waals surface area contributed by atoms with Gasteiger partial charge >= 0.3 is 0 Å². The molecule has 176 valence electrons. The van der Waals surface area contributed by atoms with Crippen LogP contribution >= 0.6 is 45.8 Å². The molecule has 7 heteroatoms. The van der Waals surface area contributed by atoms with Gasteiger partial charge in [0.1, 0.15) is 6.61 Å². The second-order valence-electron chi connectivity index (χ2n) is 8.44. The SMILES string of the molecule is COc1cc(/C=C2\C(=O)N(CC(C)C)c3ccccc32)cc(I)c1OCc1ccc(Cl)cc1Cl. The Bertz CT molecular complexity index is 1270. The Morgan fingerprint density at radius 3 is 2.56 bits per heavy atom. The first kappa shape index (κ1) is 24.9. The van der Waals surface area contributed by atoms with E-state index in [2.05, 4.69) is 36.4 Å². The van der Waals surface area contributed by atoms with Gasteiger partial charge in [0.05, 0.1) is 16.4 Å². The molecule has 0 saturated heterocycles. The van der Waals surface area contributed by atoms with Crippen molar-refractivity contribution in [3.05, 3.63) is 84.9 Å². The Kier molecular flexibility index (Phi) is 7.75. The number of benzene rings is 3. The van der Waals surface area contributed by atoms with Crippen molar-refractivity contribution in [1.82, 2.24) is 0 Å². The summed E-state index contributed by atoms with van der Waals surface area (Å²) >= 11 is 14.5. The standard InChI is InChI=1S/C27H24Cl2INO3/c1-16(2)14-31-24-7-5-4-6-20(24)21(27(31)32)10-17-11-23(30)26(25(12-17)33-3)34-15-18-8-9-19(28)13-22(18)29/h4-13,16H,14-15H2,1-3H3/b21-10-. The van der Waals surface area contributed by atoms with Crippen molar-refractivity contribution in [2.75, 3.05) is 18.6 Å². The van der Waals surface area contributed by atoms with Gasteiger partial charge < -0.3 is 14.4 Å². The number of carbonyl (C=O) groups is 1. The highest BCUT2D eigenvalue weighted by Crippen LogP contribution is 2.40. The molecule has 0 atom stereocenters. The van der Waals surface area contributed by atoms with E-state index in [1.165, 1.54) is 0 Å². The zero-order valence-electron chi connectivity index (χ0n) is 19.1. The van der Waals surface area contributed by atoms with Gasteiger partial charge in [0.15, 0.2) is 11.5 Å². The van der Waals surface area contributed by atoms with Crippen LogP contribution in [0.3, 0.4) is 0 Å². The molecule has 1 heterocycles. The van der Waals surface area contributed by atoms with Gasteiger partial charge in [-0.1, -0.05) is 61.3 Å². The number of ether oxygens (including phenoxy) is 2. The maximum Gasteiger partial charge on any atom is 0.259 e. The summed E-state index contributed by atoms with van der Waals surface area (Å²) in [7, 11) is 1.60. The van der Waals surface area contributed by atoms with Crippen LogP contribution < -0.4 is 14.4 Å². The van der Waals surface area contributed by atoms with Crippen LogP contribution in [-0.4, -0.2) is 19.6 Å². The van der Waals surface area contributed by atoms with E-state index in [-0.39, 0.29) is 12.5 Å². The lowest BCUT2D eigenvalue weighted by molar-refractivity contribution is -0.113. The molecule has 4 rings (SSSR count). The smallest absolute Gasteiger partial charge is 0.259 e. The number of amides is 1. The number of nitrogens with zero attached hydrogens (tertiary/aromatic N) is 1. The molecule has 3 aromatic rings. The Morgan fingerprint density at radius 2 is 1.85 bits per heavy atom. The van der Waals surface area contributed by atoms with E-state index in [0.29, 0.717) is 39.6 Å². The van der Waals surface area contributed by atoms with E-state index in [1.807, 2.05) is 53.4 Å². The molecule has 0 spiro atoms. The van der Waals surface area contributed by atoms with Crippen molar-refractivity contribution in [3.63, 3.8) is 0 Å². The molecule has 0 bridgehead atoms. The molecule has 0 saturated carbocycles. The van der Waals surface area contributed by atoms with Crippen LogP contribution in [0.4, 0.5) is 5.69 Å². The van der Waals surface area contributed by atoms with Crippen molar-refractivity contribution in [1.29, 1.82) is 0 Å². The number of rotatable bonds is 7. The summed E-state index contributed by atoms with van der Waals surface area (Å²) in [5, 5.41) is 1.13. The Labute approximate surface area is 223 Å². The minimum Gasteiger partial charge on any atom is -0.493 e. The number of carbonyl (C=O) groups excluding carboxylic acids is 1. The van der Waals surface area contributed by atoms with Crippen molar-refractivity contribution < 1.29 is 14.3 Å². The fourth-order valence-corrected chi connectivity index (χ4v) is 5.16. The quantitative estimate of drug-likeness (QED) is 0.204. The Balaban J connectivity index is 1.65. The van der Waals surface area contributed by atoms with Gasteiger partial charge in [0.2, 0.25) is 0 Å². The molecule has 0 aliphatic carbocycles. The molecule has 0 aromatic heterocycles. The van der Waals surface area contributed by atoms with Gasteiger partial charge in [-0.2, -0.15) is 0 Å².